The molecule has 2 aromatic heterocycles. The zero-order chi connectivity index (χ0) is 15.0. The van der Waals surface area contributed by atoms with Crippen LogP contribution in [-0.2, 0) is 0 Å². The molecule has 0 atom stereocenters. The molecule has 0 aliphatic rings. The highest BCUT2D eigenvalue weighted by atomic mass is 16.6. The summed E-state index contributed by atoms with van der Waals surface area (Å²) in [5, 5.41) is 19.9. The van der Waals surface area contributed by atoms with Crippen molar-refractivity contribution < 1.29 is 14.8 Å². The van der Waals surface area contributed by atoms with Crippen LogP contribution in [0.1, 0.15) is 10.5 Å². The molecule has 0 unspecified atom stereocenters. The number of carbonyl (C=O) groups is 1. The second-order valence-electron chi connectivity index (χ2n) is 4.27. The molecule has 0 radical (unpaired) electrons. The first-order chi connectivity index (χ1) is 10.1. The maximum absolute atomic E-state index is 11.1. The van der Waals surface area contributed by atoms with E-state index in [9.17, 15) is 14.9 Å². The van der Waals surface area contributed by atoms with Gasteiger partial charge in [-0.25, -0.2) is 14.8 Å². The molecule has 0 aliphatic carbocycles. The Morgan fingerprint density at radius 1 is 1.33 bits per heavy atom. The molecule has 1 aromatic carbocycles. The van der Waals surface area contributed by atoms with Gasteiger partial charge in [0.1, 0.15) is 5.52 Å². The average molecular weight is 284 g/mol. The van der Waals surface area contributed by atoms with Crippen molar-refractivity contribution in [2.45, 2.75) is 0 Å². The van der Waals surface area contributed by atoms with Crippen molar-refractivity contribution in [3.05, 3.63) is 52.5 Å². The van der Waals surface area contributed by atoms with Crippen LogP contribution >= 0.6 is 0 Å². The highest BCUT2D eigenvalue weighted by Crippen LogP contribution is 2.28. The van der Waals surface area contributed by atoms with Gasteiger partial charge in [-0.05, 0) is 6.07 Å². The smallest absolute Gasteiger partial charge is 0.354 e. The summed E-state index contributed by atoms with van der Waals surface area (Å²) in [7, 11) is 0. The average Bonchev–Trinajstić information content (AvgIpc) is 2.94. The van der Waals surface area contributed by atoms with Gasteiger partial charge in [0.05, 0.1) is 22.5 Å². The maximum Gasteiger partial charge on any atom is 0.354 e. The summed E-state index contributed by atoms with van der Waals surface area (Å²) in [6.45, 7) is 0. The van der Waals surface area contributed by atoms with Crippen LogP contribution in [0.4, 0.5) is 5.69 Å². The SMILES string of the molecule is O=C(O)c1cc2[nH]cnc2c(-c2cccc([N+](=O)[O-])c2)n1. The number of carboxylic acids is 1. The minimum Gasteiger partial charge on any atom is -0.477 e. The van der Waals surface area contributed by atoms with Gasteiger partial charge in [0.2, 0.25) is 0 Å². The number of aromatic nitrogens is 3. The number of carboxylic acid groups (broad SMARTS) is 1. The Hall–Kier alpha value is -3.29. The lowest BCUT2D eigenvalue weighted by molar-refractivity contribution is -0.384. The van der Waals surface area contributed by atoms with Gasteiger partial charge < -0.3 is 10.1 Å². The molecule has 0 bridgehead atoms. The Morgan fingerprint density at radius 3 is 2.86 bits per heavy atom. The van der Waals surface area contributed by atoms with Crippen molar-refractivity contribution in [3.8, 4) is 11.3 Å². The van der Waals surface area contributed by atoms with Crippen LogP contribution in [-0.4, -0.2) is 31.0 Å². The van der Waals surface area contributed by atoms with E-state index in [-0.39, 0.29) is 17.1 Å². The van der Waals surface area contributed by atoms with E-state index in [1.165, 1.54) is 30.6 Å². The first-order valence-electron chi connectivity index (χ1n) is 5.88. The van der Waals surface area contributed by atoms with Gasteiger partial charge in [-0.15, -0.1) is 0 Å². The molecule has 0 spiro atoms. The number of hydrogen-bond acceptors (Lipinski definition) is 5. The van der Waals surface area contributed by atoms with E-state index in [0.717, 1.165) is 0 Å². The highest BCUT2D eigenvalue weighted by Gasteiger charge is 2.16. The van der Waals surface area contributed by atoms with E-state index in [1.54, 1.807) is 6.07 Å². The predicted octanol–water partition coefficient (Wildman–Crippen LogP) is 2.23. The number of aromatic carboxylic acids is 1. The molecular formula is C13H8N4O4. The van der Waals surface area contributed by atoms with Crippen LogP contribution in [0.25, 0.3) is 22.3 Å². The second-order valence-corrected chi connectivity index (χ2v) is 4.27. The lowest BCUT2D eigenvalue weighted by Gasteiger charge is -2.04. The normalized spacial score (nSPS) is 10.7. The van der Waals surface area contributed by atoms with E-state index in [2.05, 4.69) is 15.0 Å². The highest BCUT2D eigenvalue weighted by molar-refractivity contribution is 5.96. The number of benzene rings is 1. The fraction of sp³-hybridized carbons (Fsp3) is 0. The van der Waals surface area contributed by atoms with Crippen LogP contribution < -0.4 is 0 Å². The Labute approximate surface area is 117 Å². The Bertz CT molecular complexity index is 871. The van der Waals surface area contributed by atoms with E-state index in [0.29, 0.717) is 16.6 Å². The topological polar surface area (TPSA) is 122 Å². The molecule has 2 N–H and O–H groups in total. The molecule has 0 saturated heterocycles. The van der Waals surface area contributed by atoms with Gasteiger partial charge >= 0.3 is 5.97 Å². The van der Waals surface area contributed by atoms with Gasteiger partial charge in [0.15, 0.2) is 5.69 Å². The number of aromatic amines is 1. The fourth-order valence-corrected chi connectivity index (χ4v) is 2.02. The third-order valence-corrected chi connectivity index (χ3v) is 2.96. The Kier molecular flexibility index (Phi) is 2.83. The van der Waals surface area contributed by atoms with Crippen molar-refractivity contribution in [1.82, 2.24) is 15.0 Å². The second kappa shape index (κ2) is 4.67. The summed E-state index contributed by atoms with van der Waals surface area (Å²) >= 11 is 0. The van der Waals surface area contributed by atoms with Crippen LogP contribution in [0, 0.1) is 10.1 Å². The van der Waals surface area contributed by atoms with Crippen molar-refractivity contribution in [3.63, 3.8) is 0 Å². The minimum absolute atomic E-state index is 0.0984. The third-order valence-electron chi connectivity index (χ3n) is 2.96. The number of nitrogens with zero attached hydrogens (tertiary/aromatic N) is 3. The van der Waals surface area contributed by atoms with Crippen LogP contribution in [0.3, 0.4) is 0 Å². The quantitative estimate of drug-likeness (QED) is 0.561. The fourth-order valence-electron chi connectivity index (χ4n) is 2.02. The van der Waals surface area contributed by atoms with Crippen molar-refractivity contribution in [1.29, 1.82) is 0 Å². The van der Waals surface area contributed by atoms with Gasteiger partial charge in [-0.3, -0.25) is 10.1 Å². The molecule has 0 saturated carbocycles. The molecule has 8 heteroatoms. The van der Waals surface area contributed by atoms with Crippen molar-refractivity contribution >= 4 is 22.7 Å². The van der Waals surface area contributed by atoms with Crippen LogP contribution in [0.2, 0.25) is 0 Å². The predicted molar refractivity (Wildman–Crippen MR) is 72.9 cm³/mol. The van der Waals surface area contributed by atoms with Crippen molar-refractivity contribution in [2.75, 3.05) is 0 Å². The van der Waals surface area contributed by atoms with E-state index < -0.39 is 10.9 Å². The lowest BCUT2D eigenvalue weighted by Crippen LogP contribution is -2.02. The first kappa shape index (κ1) is 12.7. The van der Waals surface area contributed by atoms with Gasteiger partial charge in [0, 0.05) is 17.7 Å². The third kappa shape index (κ3) is 2.18. The molecule has 104 valence electrons. The largest absolute Gasteiger partial charge is 0.477 e. The molecule has 21 heavy (non-hydrogen) atoms. The lowest BCUT2D eigenvalue weighted by atomic mass is 10.1. The standard InChI is InChI=1S/C13H8N4O4/c18-13(19)10-5-9-12(15-6-14-9)11(16-10)7-2-1-3-8(4-7)17(20)21/h1-6H,(H,14,15)(H,18,19). The molecule has 2 heterocycles. The van der Waals surface area contributed by atoms with Gasteiger partial charge in [0.25, 0.3) is 5.69 Å². The number of pyridine rings is 1. The maximum atomic E-state index is 11.1. The van der Waals surface area contributed by atoms with E-state index in [4.69, 9.17) is 5.11 Å². The zero-order valence-corrected chi connectivity index (χ0v) is 10.5. The van der Waals surface area contributed by atoms with Crippen LogP contribution in [0.15, 0.2) is 36.7 Å². The Morgan fingerprint density at radius 2 is 2.14 bits per heavy atom. The van der Waals surface area contributed by atoms with Crippen LogP contribution in [0.5, 0.6) is 0 Å². The number of nitrogens with one attached hydrogen (secondary N) is 1. The number of imidazole rings is 1. The molecule has 0 aliphatic heterocycles. The van der Waals surface area contributed by atoms with E-state index in [1.807, 2.05) is 0 Å². The minimum atomic E-state index is -1.18. The van der Waals surface area contributed by atoms with Gasteiger partial charge in [-0.1, -0.05) is 12.1 Å². The summed E-state index contributed by atoms with van der Waals surface area (Å²) in [5.41, 5.74) is 1.43. The summed E-state index contributed by atoms with van der Waals surface area (Å²) in [6.07, 6.45) is 1.42. The summed E-state index contributed by atoms with van der Waals surface area (Å²) < 4.78 is 0. The Balaban J connectivity index is 2.28. The number of nitro benzene ring substituents is 1. The van der Waals surface area contributed by atoms with E-state index >= 15 is 0 Å². The summed E-state index contributed by atoms with van der Waals surface area (Å²) in [6, 6.07) is 7.19. The monoisotopic (exact) mass is 284 g/mol. The summed E-state index contributed by atoms with van der Waals surface area (Å²) in [4.78, 5) is 32.4. The molecule has 3 aromatic rings. The molecule has 3 rings (SSSR count). The molecule has 8 nitrogen and oxygen atoms in total. The number of fused-ring (bicyclic) bond motifs is 1. The summed E-state index contributed by atoms with van der Waals surface area (Å²) in [5.74, 6) is -1.18. The number of nitro groups is 1. The first-order valence-corrected chi connectivity index (χ1v) is 5.88. The number of H-pyrrole nitrogens is 1. The molecule has 0 fully saturated rings. The molecule has 0 amide bonds. The zero-order valence-electron chi connectivity index (χ0n) is 10.5. The number of hydrogen-bond donors (Lipinski definition) is 2. The van der Waals surface area contributed by atoms with Gasteiger partial charge in [-0.2, -0.15) is 0 Å². The molecular weight excluding hydrogens is 276 g/mol. The number of non-ortho nitro benzene ring substituents is 1. The number of rotatable bonds is 3. The van der Waals surface area contributed by atoms with Crippen molar-refractivity contribution in [2.24, 2.45) is 0 Å².